The first-order valence-corrected chi connectivity index (χ1v) is 12.1. The second-order valence-electron chi connectivity index (χ2n) is 8.54. The van der Waals surface area contributed by atoms with Gasteiger partial charge in [0.25, 0.3) is 0 Å². The number of nitrogens with one attached hydrogen (secondary N) is 1. The molecule has 5 nitrogen and oxygen atoms in total. The molecule has 1 aromatic carbocycles. The fraction of sp³-hybridized carbons (Fsp3) is 0.615. The van der Waals surface area contributed by atoms with E-state index in [2.05, 4.69) is 12.2 Å². The van der Waals surface area contributed by atoms with Crippen molar-refractivity contribution in [1.82, 2.24) is 5.32 Å². The molecule has 0 radical (unpaired) electrons. The summed E-state index contributed by atoms with van der Waals surface area (Å²) in [4.78, 5) is 23.8. The molecule has 0 saturated heterocycles. The van der Waals surface area contributed by atoms with Crippen LogP contribution in [-0.2, 0) is 11.3 Å². The zero-order chi connectivity index (χ0) is 22.3. The summed E-state index contributed by atoms with van der Waals surface area (Å²) >= 11 is 0. The first kappa shape index (κ1) is 25.0. The quantitative estimate of drug-likeness (QED) is 0.233. The Morgan fingerprint density at radius 1 is 0.871 bits per heavy atom. The van der Waals surface area contributed by atoms with Crippen LogP contribution in [0.15, 0.2) is 33.5 Å². The predicted octanol–water partition coefficient (Wildman–Crippen LogP) is 6.60. The van der Waals surface area contributed by atoms with Crippen molar-refractivity contribution in [3.8, 4) is 5.75 Å². The monoisotopic (exact) mass is 429 g/mol. The number of carbonyl (C=O) groups excluding carboxylic acids is 1. The molecule has 31 heavy (non-hydrogen) atoms. The maximum absolute atomic E-state index is 12.1. The smallest absolute Gasteiger partial charge is 0.336 e. The van der Waals surface area contributed by atoms with Gasteiger partial charge < -0.3 is 14.8 Å². The Kier molecular flexibility index (Phi) is 11.8. The second kappa shape index (κ2) is 14.7. The molecular weight excluding hydrogens is 390 g/mol. The van der Waals surface area contributed by atoms with Gasteiger partial charge in [-0.05, 0) is 24.1 Å². The summed E-state index contributed by atoms with van der Waals surface area (Å²) in [7, 11) is 0. The van der Waals surface area contributed by atoms with Crippen LogP contribution in [-0.4, -0.2) is 11.0 Å². The maximum Gasteiger partial charge on any atom is 0.336 e. The Balaban J connectivity index is 1.53. The molecule has 5 heteroatoms. The van der Waals surface area contributed by atoms with Crippen molar-refractivity contribution in [3.05, 3.63) is 40.2 Å². The molecule has 0 atom stereocenters. The van der Waals surface area contributed by atoms with Gasteiger partial charge in [0.2, 0.25) is 5.91 Å². The van der Waals surface area contributed by atoms with Gasteiger partial charge in [0, 0.05) is 30.5 Å². The lowest BCUT2D eigenvalue weighted by Crippen LogP contribution is -2.23. The maximum atomic E-state index is 12.1. The van der Waals surface area contributed by atoms with E-state index in [4.69, 9.17) is 4.42 Å². The van der Waals surface area contributed by atoms with Crippen molar-refractivity contribution in [2.24, 2.45) is 0 Å². The van der Waals surface area contributed by atoms with E-state index < -0.39 is 5.63 Å². The highest BCUT2D eigenvalue weighted by atomic mass is 16.4. The van der Waals surface area contributed by atoms with E-state index in [9.17, 15) is 14.7 Å². The topological polar surface area (TPSA) is 79.5 Å². The van der Waals surface area contributed by atoms with Crippen LogP contribution in [0, 0.1) is 0 Å². The number of benzene rings is 1. The van der Waals surface area contributed by atoms with Crippen LogP contribution in [0.1, 0.15) is 102 Å². The Morgan fingerprint density at radius 2 is 1.45 bits per heavy atom. The van der Waals surface area contributed by atoms with Gasteiger partial charge in [0.15, 0.2) is 0 Å². The summed E-state index contributed by atoms with van der Waals surface area (Å²) in [6.45, 7) is 2.54. The van der Waals surface area contributed by atoms with Gasteiger partial charge >= 0.3 is 5.63 Å². The van der Waals surface area contributed by atoms with Gasteiger partial charge in [-0.1, -0.05) is 84.0 Å². The van der Waals surface area contributed by atoms with Crippen molar-refractivity contribution in [2.45, 2.75) is 103 Å². The average molecular weight is 430 g/mol. The SMILES string of the molecule is CCCCCCCCCCCCCCCC(=O)NCc1cc(=O)oc2cc(O)ccc12. The van der Waals surface area contributed by atoms with Gasteiger partial charge in [0.05, 0.1) is 0 Å². The van der Waals surface area contributed by atoms with E-state index in [1.54, 1.807) is 12.1 Å². The number of phenolic OH excluding ortho intramolecular Hbond substituents is 1. The van der Waals surface area contributed by atoms with E-state index >= 15 is 0 Å². The summed E-state index contributed by atoms with van der Waals surface area (Å²) in [5, 5.41) is 13.2. The third-order valence-electron chi connectivity index (χ3n) is 5.80. The Morgan fingerprint density at radius 3 is 2.06 bits per heavy atom. The Bertz CT molecular complexity index is 843. The highest BCUT2D eigenvalue weighted by molar-refractivity contribution is 5.82. The fourth-order valence-electron chi connectivity index (χ4n) is 3.95. The van der Waals surface area contributed by atoms with Crippen LogP contribution >= 0.6 is 0 Å². The average Bonchev–Trinajstić information content (AvgIpc) is 2.74. The number of rotatable bonds is 16. The minimum absolute atomic E-state index is 0.00300. The highest BCUT2D eigenvalue weighted by Crippen LogP contribution is 2.21. The van der Waals surface area contributed by atoms with E-state index in [1.165, 1.54) is 82.8 Å². The molecule has 0 saturated carbocycles. The van der Waals surface area contributed by atoms with Crippen molar-refractivity contribution >= 4 is 16.9 Å². The first-order valence-electron chi connectivity index (χ1n) is 12.1. The minimum atomic E-state index is -0.487. The standard InChI is InChI=1S/C26H39NO4/c1-2-3-4-5-6-7-8-9-10-11-12-13-14-15-25(29)27-20-21-18-26(30)31-24-19-22(28)16-17-23(21)24/h16-19,28H,2-15,20H2,1H3,(H,27,29). The van der Waals surface area contributed by atoms with E-state index in [-0.39, 0.29) is 18.2 Å². The highest BCUT2D eigenvalue weighted by Gasteiger charge is 2.08. The molecule has 0 bridgehead atoms. The van der Waals surface area contributed by atoms with Crippen molar-refractivity contribution in [1.29, 1.82) is 0 Å². The predicted molar refractivity (Wildman–Crippen MR) is 126 cm³/mol. The number of amides is 1. The summed E-state index contributed by atoms with van der Waals surface area (Å²) in [5.41, 5.74) is 0.539. The molecule has 0 aliphatic heterocycles. The molecule has 0 fully saturated rings. The van der Waals surface area contributed by atoms with Gasteiger partial charge in [0.1, 0.15) is 11.3 Å². The van der Waals surface area contributed by atoms with E-state index in [1.807, 2.05) is 0 Å². The number of carbonyl (C=O) groups is 1. The van der Waals surface area contributed by atoms with E-state index in [0.29, 0.717) is 17.6 Å². The van der Waals surface area contributed by atoms with Gasteiger partial charge in [-0.15, -0.1) is 0 Å². The summed E-state index contributed by atoms with van der Waals surface area (Å²) in [6.07, 6.45) is 17.2. The van der Waals surface area contributed by atoms with E-state index in [0.717, 1.165) is 18.2 Å². The van der Waals surface area contributed by atoms with Crippen molar-refractivity contribution in [3.63, 3.8) is 0 Å². The van der Waals surface area contributed by atoms with Gasteiger partial charge in [-0.25, -0.2) is 4.79 Å². The molecule has 2 aromatic rings. The zero-order valence-electron chi connectivity index (χ0n) is 19.1. The lowest BCUT2D eigenvalue weighted by atomic mass is 10.0. The third-order valence-corrected chi connectivity index (χ3v) is 5.80. The van der Waals surface area contributed by atoms with Gasteiger partial charge in [-0.3, -0.25) is 4.79 Å². The van der Waals surface area contributed by atoms with Crippen LogP contribution in [0.5, 0.6) is 5.75 Å². The van der Waals surface area contributed by atoms with Crippen LogP contribution in [0.3, 0.4) is 0 Å². The number of hydrogen-bond acceptors (Lipinski definition) is 4. The summed E-state index contributed by atoms with van der Waals surface area (Å²) < 4.78 is 5.11. The Hall–Kier alpha value is -2.30. The third kappa shape index (κ3) is 10.0. The zero-order valence-corrected chi connectivity index (χ0v) is 19.1. The minimum Gasteiger partial charge on any atom is -0.508 e. The largest absolute Gasteiger partial charge is 0.508 e. The number of aromatic hydroxyl groups is 1. The summed E-state index contributed by atoms with van der Waals surface area (Å²) in [5.74, 6) is 0.0440. The molecular formula is C26H39NO4. The number of fused-ring (bicyclic) bond motifs is 1. The number of unbranched alkanes of at least 4 members (excludes halogenated alkanes) is 12. The Labute approximate surface area is 186 Å². The molecule has 0 aliphatic carbocycles. The fourth-order valence-corrected chi connectivity index (χ4v) is 3.95. The van der Waals surface area contributed by atoms with Gasteiger partial charge in [-0.2, -0.15) is 0 Å². The molecule has 0 unspecified atom stereocenters. The molecule has 1 aromatic heterocycles. The molecule has 2 rings (SSSR count). The molecule has 0 aliphatic rings. The molecule has 1 amide bonds. The number of hydrogen-bond donors (Lipinski definition) is 2. The lowest BCUT2D eigenvalue weighted by molar-refractivity contribution is -0.121. The molecule has 2 N–H and O–H groups in total. The second-order valence-corrected chi connectivity index (χ2v) is 8.54. The van der Waals surface area contributed by atoms with Crippen LogP contribution < -0.4 is 10.9 Å². The van der Waals surface area contributed by atoms with Crippen LogP contribution in [0.4, 0.5) is 0 Å². The molecule has 172 valence electrons. The lowest BCUT2D eigenvalue weighted by Gasteiger charge is -2.08. The summed E-state index contributed by atoms with van der Waals surface area (Å²) in [6, 6.07) is 6.04. The van der Waals surface area contributed by atoms with Crippen LogP contribution in [0.2, 0.25) is 0 Å². The van der Waals surface area contributed by atoms with Crippen LogP contribution in [0.25, 0.3) is 11.0 Å². The molecule has 0 spiro atoms. The normalized spacial score (nSPS) is 11.1. The first-order chi connectivity index (χ1) is 15.1. The van der Waals surface area contributed by atoms with Crippen molar-refractivity contribution < 1.29 is 14.3 Å². The molecule has 1 heterocycles. The van der Waals surface area contributed by atoms with Crippen molar-refractivity contribution in [2.75, 3.05) is 0 Å². The number of phenols is 1.